The highest BCUT2D eigenvalue weighted by atomic mass is 35.5. The van der Waals surface area contributed by atoms with E-state index in [1.807, 2.05) is 0 Å². The van der Waals surface area contributed by atoms with Crippen LogP contribution in [0, 0.1) is 0 Å². The van der Waals surface area contributed by atoms with Gasteiger partial charge in [0.2, 0.25) is 0 Å². The van der Waals surface area contributed by atoms with Gasteiger partial charge in [0, 0.05) is 18.0 Å². The van der Waals surface area contributed by atoms with E-state index in [-0.39, 0.29) is 23.6 Å². The number of nitrogens with zero attached hydrogens (tertiary/aromatic N) is 1. The first-order valence-corrected chi connectivity index (χ1v) is 6.32. The van der Waals surface area contributed by atoms with E-state index in [0.717, 1.165) is 4.90 Å². The van der Waals surface area contributed by atoms with Crippen LogP contribution in [0.2, 0.25) is 10.0 Å². The number of β-amino-alcohol motifs (C(OH)–C–C–N with tert-alkyl or cyclic N) is 1. The zero-order valence-corrected chi connectivity index (χ0v) is 11.2. The second-order valence-corrected chi connectivity index (χ2v) is 5.17. The molecule has 0 aliphatic carbocycles. The molecule has 7 heteroatoms. The monoisotopic (exact) mass is 303 g/mol. The second kappa shape index (κ2) is 5.36. The number of aliphatic hydroxyl groups is 1. The molecule has 1 heterocycles. The lowest BCUT2D eigenvalue weighted by molar-refractivity contribution is -0.141. The smallest absolute Gasteiger partial charge is 0.326 e. The van der Waals surface area contributed by atoms with Crippen molar-refractivity contribution in [3.63, 3.8) is 0 Å². The Bertz CT molecular complexity index is 534. The number of carboxylic acids is 1. The molecule has 2 N–H and O–H groups in total. The summed E-state index contributed by atoms with van der Waals surface area (Å²) >= 11 is 11.7. The van der Waals surface area contributed by atoms with Crippen molar-refractivity contribution >= 4 is 35.1 Å². The van der Waals surface area contributed by atoms with Crippen molar-refractivity contribution in [3.05, 3.63) is 33.8 Å². The van der Waals surface area contributed by atoms with Crippen LogP contribution in [0.15, 0.2) is 18.2 Å². The number of carboxylic acid groups (broad SMARTS) is 1. The van der Waals surface area contributed by atoms with E-state index >= 15 is 0 Å². The van der Waals surface area contributed by atoms with Crippen molar-refractivity contribution in [2.24, 2.45) is 0 Å². The maximum Gasteiger partial charge on any atom is 0.326 e. The van der Waals surface area contributed by atoms with Gasteiger partial charge in [0.25, 0.3) is 5.91 Å². The molecule has 0 unspecified atom stereocenters. The minimum Gasteiger partial charge on any atom is -0.480 e. The fourth-order valence-corrected chi connectivity index (χ4v) is 2.46. The average molecular weight is 304 g/mol. The minimum absolute atomic E-state index is 0.0132. The van der Waals surface area contributed by atoms with Gasteiger partial charge in [-0.15, -0.1) is 0 Å². The van der Waals surface area contributed by atoms with Crippen molar-refractivity contribution in [3.8, 4) is 0 Å². The first-order chi connectivity index (χ1) is 8.90. The first-order valence-electron chi connectivity index (χ1n) is 5.57. The van der Waals surface area contributed by atoms with Crippen molar-refractivity contribution < 1.29 is 19.8 Å². The van der Waals surface area contributed by atoms with Gasteiger partial charge >= 0.3 is 5.97 Å². The SMILES string of the molecule is O=C(O)[C@@H]1C[C@@H](O)CN1C(=O)c1cc(Cl)ccc1Cl. The summed E-state index contributed by atoms with van der Waals surface area (Å²) in [5.74, 6) is -1.69. The van der Waals surface area contributed by atoms with Crippen LogP contribution >= 0.6 is 23.2 Å². The van der Waals surface area contributed by atoms with Gasteiger partial charge < -0.3 is 15.1 Å². The second-order valence-electron chi connectivity index (χ2n) is 4.33. The molecule has 1 aliphatic rings. The lowest BCUT2D eigenvalue weighted by atomic mass is 10.1. The Labute approximate surface area is 119 Å². The number of halogens is 2. The van der Waals surface area contributed by atoms with Crippen LogP contribution < -0.4 is 0 Å². The van der Waals surface area contributed by atoms with Crippen LogP contribution in [0.4, 0.5) is 0 Å². The Morgan fingerprint density at radius 3 is 2.63 bits per heavy atom. The highest BCUT2D eigenvalue weighted by Crippen LogP contribution is 2.26. The number of aliphatic carboxylic acids is 1. The van der Waals surface area contributed by atoms with Gasteiger partial charge in [-0.05, 0) is 18.2 Å². The number of carbonyl (C=O) groups is 2. The van der Waals surface area contributed by atoms with Crippen LogP contribution in [0.5, 0.6) is 0 Å². The maximum absolute atomic E-state index is 12.3. The molecule has 0 bridgehead atoms. The van der Waals surface area contributed by atoms with Gasteiger partial charge in [0.1, 0.15) is 6.04 Å². The van der Waals surface area contributed by atoms with Crippen molar-refractivity contribution in [1.29, 1.82) is 0 Å². The third-order valence-electron chi connectivity index (χ3n) is 2.98. The van der Waals surface area contributed by atoms with Crippen LogP contribution in [0.25, 0.3) is 0 Å². The van der Waals surface area contributed by atoms with Gasteiger partial charge in [-0.1, -0.05) is 23.2 Å². The molecule has 0 spiro atoms. The molecule has 0 saturated carbocycles. The zero-order valence-electron chi connectivity index (χ0n) is 9.72. The Balaban J connectivity index is 2.33. The Hall–Kier alpha value is -1.30. The van der Waals surface area contributed by atoms with E-state index in [4.69, 9.17) is 28.3 Å². The molecule has 19 heavy (non-hydrogen) atoms. The zero-order chi connectivity index (χ0) is 14.2. The largest absolute Gasteiger partial charge is 0.480 e. The number of likely N-dealkylation sites (tertiary alicyclic amines) is 1. The third-order valence-corrected chi connectivity index (χ3v) is 3.55. The van der Waals surface area contributed by atoms with E-state index in [1.54, 1.807) is 0 Å². The molecule has 1 saturated heterocycles. The molecule has 102 valence electrons. The summed E-state index contributed by atoms with van der Waals surface area (Å²) in [7, 11) is 0. The number of amides is 1. The van der Waals surface area contributed by atoms with Gasteiger partial charge in [0.15, 0.2) is 0 Å². The molecule has 1 aliphatic heterocycles. The maximum atomic E-state index is 12.3. The Kier molecular flexibility index (Phi) is 3.99. The topological polar surface area (TPSA) is 77.8 Å². The Morgan fingerprint density at radius 1 is 1.32 bits per heavy atom. The Morgan fingerprint density at radius 2 is 2.00 bits per heavy atom. The summed E-state index contributed by atoms with van der Waals surface area (Å²) in [5, 5.41) is 19.1. The summed E-state index contributed by atoms with van der Waals surface area (Å²) in [6.45, 7) is -0.0291. The van der Waals surface area contributed by atoms with Crippen molar-refractivity contribution in [2.75, 3.05) is 6.54 Å². The lowest BCUT2D eigenvalue weighted by Gasteiger charge is -2.21. The molecule has 5 nitrogen and oxygen atoms in total. The van der Waals surface area contributed by atoms with E-state index in [0.29, 0.717) is 5.02 Å². The van der Waals surface area contributed by atoms with Gasteiger partial charge in [0.05, 0.1) is 16.7 Å². The molecule has 2 rings (SSSR count). The molecule has 0 aromatic heterocycles. The molecular formula is C12H11Cl2NO4. The number of aliphatic hydroxyl groups excluding tert-OH is 1. The third kappa shape index (κ3) is 2.83. The van der Waals surface area contributed by atoms with E-state index in [2.05, 4.69) is 0 Å². The van der Waals surface area contributed by atoms with Crippen LogP contribution in [0.1, 0.15) is 16.8 Å². The normalized spacial score (nSPS) is 22.6. The molecule has 2 atom stereocenters. The fraction of sp³-hybridized carbons (Fsp3) is 0.333. The summed E-state index contributed by atoms with van der Waals surface area (Å²) in [6.07, 6.45) is -0.831. The van der Waals surface area contributed by atoms with Gasteiger partial charge in [-0.3, -0.25) is 4.79 Å². The highest BCUT2D eigenvalue weighted by Gasteiger charge is 2.39. The predicted molar refractivity (Wildman–Crippen MR) is 69.5 cm³/mol. The van der Waals surface area contributed by atoms with Crippen molar-refractivity contribution in [2.45, 2.75) is 18.6 Å². The average Bonchev–Trinajstić information content (AvgIpc) is 2.74. The van der Waals surface area contributed by atoms with Gasteiger partial charge in [-0.25, -0.2) is 4.79 Å². The first kappa shape index (κ1) is 14.1. The number of rotatable bonds is 2. The lowest BCUT2D eigenvalue weighted by Crippen LogP contribution is -2.40. The van der Waals surface area contributed by atoms with Crippen LogP contribution in [0.3, 0.4) is 0 Å². The number of hydrogen-bond donors (Lipinski definition) is 2. The fourth-order valence-electron chi connectivity index (χ4n) is 2.09. The van der Waals surface area contributed by atoms with E-state index < -0.39 is 24.0 Å². The van der Waals surface area contributed by atoms with Crippen molar-refractivity contribution in [1.82, 2.24) is 4.90 Å². The van der Waals surface area contributed by atoms with E-state index in [9.17, 15) is 14.7 Å². The number of benzene rings is 1. The quantitative estimate of drug-likeness (QED) is 0.871. The number of carbonyl (C=O) groups excluding carboxylic acids is 1. The predicted octanol–water partition coefficient (Wildman–Crippen LogP) is 1.65. The molecule has 1 aromatic carbocycles. The number of hydrogen-bond acceptors (Lipinski definition) is 3. The highest BCUT2D eigenvalue weighted by molar-refractivity contribution is 6.35. The molecule has 0 radical (unpaired) electrons. The standard InChI is InChI=1S/C12H11Cl2NO4/c13-6-1-2-9(14)8(3-6)11(17)15-5-7(16)4-10(15)12(18)19/h1-3,7,10,16H,4-5H2,(H,18,19)/t7-,10+/m1/s1. The van der Waals surface area contributed by atoms with Gasteiger partial charge in [-0.2, -0.15) is 0 Å². The molecular weight excluding hydrogens is 293 g/mol. The summed E-state index contributed by atoms with van der Waals surface area (Å²) in [5.41, 5.74) is 0.134. The van der Waals surface area contributed by atoms with Crippen LogP contribution in [-0.2, 0) is 4.79 Å². The van der Waals surface area contributed by atoms with Crippen LogP contribution in [-0.4, -0.2) is 45.7 Å². The summed E-state index contributed by atoms with van der Waals surface area (Å²) < 4.78 is 0. The summed E-state index contributed by atoms with van der Waals surface area (Å²) in [6, 6.07) is 3.35. The molecule has 1 fully saturated rings. The molecule has 1 amide bonds. The molecule has 1 aromatic rings. The van der Waals surface area contributed by atoms with E-state index in [1.165, 1.54) is 18.2 Å². The summed E-state index contributed by atoms with van der Waals surface area (Å²) in [4.78, 5) is 24.5. The minimum atomic E-state index is -1.15.